The number of aromatic nitrogens is 2. The summed E-state index contributed by atoms with van der Waals surface area (Å²) in [5.41, 5.74) is 0.487. The van der Waals surface area contributed by atoms with Crippen molar-refractivity contribution in [1.82, 2.24) is 9.55 Å². The van der Waals surface area contributed by atoms with Crippen molar-refractivity contribution < 1.29 is 13.9 Å². The number of para-hydroxylation sites is 2. The van der Waals surface area contributed by atoms with Gasteiger partial charge < -0.3 is 10.1 Å². The minimum Gasteiger partial charge on any atom is -0.383 e. The smallest absolute Gasteiger partial charge is 0.262 e. The highest BCUT2D eigenvalue weighted by atomic mass is 32.2. The summed E-state index contributed by atoms with van der Waals surface area (Å²) in [5, 5.41) is 2.89. The second-order valence-electron chi connectivity index (χ2n) is 6.09. The third-order valence-corrected chi connectivity index (χ3v) is 5.22. The summed E-state index contributed by atoms with van der Waals surface area (Å²) >= 11 is 1.14. The number of fused-ring (bicyclic) bond motifs is 1. The van der Waals surface area contributed by atoms with Gasteiger partial charge in [0.25, 0.3) is 5.56 Å². The van der Waals surface area contributed by atoms with Crippen molar-refractivity contribution in [1.29, 1.82) is 0 Å². The van der Waals surface area contributed by atoms with E-state index >= 15 is 0 Å². The normalized spacial score (nSPS) is 12.1. The molecule has 2 aromatic carbocycles. The van der Waals surface area contributed by atoms with E-state index in [1.54, 1.807) is 50.4 Å². The van der Waals surface area contributed by atoms with Crippen LogP contribution in [0.4, 0.5) is 10.1 Å². The summed E-state index contributed by atoms with van der Waals surface area (Å²) in [6, 6.07) is 13.0. The number of rotatable bonds is 7. The van der Waals surface area contributed by atoms with Gasteiger partial charge in [0.05, 0.1) is 35.0 Å². The van der Waals surface area contributed by atoms with E-state index in [0.717, 1.165) is 11.8 Å². The molecule has 1 amide bonds. The molecule has 8 heteroatoms. The molecule has 3 rings (SSSR count). The Hall–Kier alpha value is -2.71. The van der Waals surface area contributed by atoms with Gasteiger partial charge in [-0.15, -0.1) is 0 Å². The van der Waals surface area contributed by atoms with Gasteiger partial charge in [-0.1, -0.05) is 36.0 Å². The predicted molar refractivity (Wildman–Crippen MR) is 108 cm³/mol. The highest BCUT2D eigenvalue weighted by molar-refractivity contribution is 8.00. The quantitative estimate of drug-likeness (QED) is 0.486. The van der Waals surface area contributed by atoms with Crippen molar-refractivity contribution in [3.63, 3.8) is 0 Å². The van der Waals surface area contributed by atoms with E-state index in [2.05, 4.69) is 10.3 Å². The maximum absolute atomic E-state index is 13.8. The Morgan fingerprint density at radius 3 is 2.71 bits per heavy atom. The number of anilines is 1. The number of hydrogen-bond donors (Lipinski definition) is 1. The summed E-state index contributed by atoms with van der Waals surface area (Å²) in [6.45, 7) is 2.34. The highest BCUT2D eigenvalue weighted by Gasteiger charge is 2.20. The van der Waals surface area contributed by atoms with Gasteiger partial charge in [-0.25, -0.2) is 9.37 Å². The maximum atomic E-state index is 13.8. The zero-order chi connectivity index (χ0) is 20.1. The molecule has 0 fully saturated rings. The third-order valence-electron chi connectivity index (χ3n) is 4.13. The summed E-state index contributed by atoms with van der Waals surface area (Å²) in [6.07, 6.45) is 0. The predicted octanol–water partition coefficient (Wildman–Crippen LogP) is 3.30. The van der Waals surface area contributed by atoms with E-state index in [9.17, 15) is 14.0 Å². The number of nitrogens with zero attached hydrogens (tertiary/aromatic N) is 2. The molecular weight excluding hydrogens is 381 g/mol. The third kappa shape index (κ3) is 4.40. The molecule has 0 unspecified atom stereocenters. The lowest BCUT2D eigenvalue weighted by Gasteiger charge is -2.16. The lowest BCUT2D eigenvalue weighted by atomic mass is 10.2. The van der Waals surface area contributed by atoms with Crippen molar-refractivity contribution in [3.05, 3.63) is 64.7 Å². The van der Waals surface area contributed by atoms with E-state index < -0.39 is 11.1 Å². The zero-order valence-corrected chi connectivity index (χ0v) is 16.3. The van der Waals surface area contributed by atoms with Gasteiger partial charge >= 0.3 is 0 Å². The molecule has 0 spiro atoms. The topological polar surface area (TPSA) is 73.2 Å². The number of carbonyl (C=O) groups excluding carboxylic acids is 1. The summed E-state index contributed by atoms with van der Waals surface area (Å²) < 4.78 is 20.4. The lowest BCUT2D eigenvalue weighted by molar-refractivity contribution is -0.115. The molecule has 0 saturated carbocycles. The van der Waals surface area contributed by atoms with E-state index in [-0.39, 0.29) is 17.2 Å². The zero-order valence-electron chi connectivity index (χ0n) is 15.5. The molecule has 3 aromatic rings. The molecule has 146 valence electrons. The van der Waals surface area contributed by atoms with Crippen LogP contribution in [0.3, 0.4) is 0 Å². The van der Waals surface area contributed by atoms with Crippen molar-refractivity contribution in [2.45, 2.75) is 23.9 Å². The fourth-order valence-electron chi connectivity index (χ4n) is 2.63. The van der Waals surface area contributed by atoms with Gasteiger partial charge in [0.2, 0.25) is 5.91 Å². The number of benzene rings is 2. The first-order valence-corrected chi connectivity index (χ1v) is 9.60. The van der Waals surface area contributed by atoms with Gasteiger partial charge in [0.1, 0.15) is 5.82 Å². The molecule has 0 bridgehead atoms. The number of nitrogens with one attached hydrogen (secondary N) is 1. The molecule has 6 nitrogen and oxygen atoms in total. The number of methoxy groups -OCH3 is 1. The van der Waals surface area contributed by atoms with Gasteiger partial charge in [0, 0.05) is 7.11 Å². The number of halogens is 1. The average Bonchev–Trinajstić information content (AvgIpc) is 2.69. The van der Waals surface area contributed by atoms with Crippen LogP contribution in [0, 0.1) is 5.82 Å². The second kappa shape index (κ2) is 8.99. The Labute approximate surface area is 165 Å². The fourth-order valence-corrected chi connectivity index (χ4v) is 3.56. The Morgan fingerprint density at radius 1 is 1.25 bits per heavy atom. The molecule has 28 heavy (non-hydrogen) atoms. The average molecular weight is 401 g/mol. The van der Waals surface area contributed by atoms with Crippen LogP contribution in [-0.4, -0.2) is 34.4 Å². The number of amides is 1. The van der Waals surface area contributed by atoms with Crippen LogP contribution in [0.25, 0.3) is 10.9 Å². The van der Waals surface area contributed by atoms with Gasteiger partial charge in [-0.2, -0.15) is 0 Å². The van der Waals surface area contributed by atoms with Crippen LogP contribution in [-0.2, 0) is 16.1 Å². The molecule has 1 aromatic heterocycles. The van der Waals surface area contributed by atoms with Crippen LogP contribution in [0.1, 0.15) is 6.92 Å². The molecule has 0 aliphatic heterocycles. The maximum Gasteiger partial charge on any atom is 0.262 e. The molecule has 0 saturated heterocycles. The van der Waals surface area contributed by atoms with Crippen molar-refractivity contribution in [3.8, 4) is 0 Å². The monoisotopic (exact) mass is 401 g/mol. The SMILES string of the molecule is COCCn1c(S[C@H](C)C(=O)Nc2ccccc2F)nc2ccccc2c1=O. The molecule has 0 aliphatic rings. The Kier molecular flexibility index (Phi) is 6.43. The minimum absolute atomic E-state index is 0.114. The standard InChI is InChI=1S/C20H20FN3O3S/c1-13(18(25)22-17-10-6-4-8-15(17)21)28-20-23-16-9-5-3-7-14(16)19(26)24(20)11-12-27-2/h3-10,13H,11-12H2,1-2H3,(H,22,25)/t13-/m1/s1. The van der Waals surface area contributed by atoms with Gasteiger partial charge in [0.15, 0.2) is 5.16 Å². The van der Waals surface area contributed by atoms with Crippen LogP contribution in [0.5, 0.6) is 0 Å². The summed E-state index contributed by atoms with van der Waals surface area (Å²) in [4.78, 5) is 29.9. The van der Waals surface area contributed by atoms with Gasteiger partial charge in [-0.3, -0.25) is 14.2 Å². The second-order valence-corrected chi connectivity index (χ2v) is 7.40. The van der Waals surface area contributed by atoms with E-state index in [1.165, 1.54) is 16.7 Å². The Bertz CT molecular complexity index is 1050. The first-order valence-electron chi connectivity index (χ1n) is 8.72. The van der Waals surface area contributed by atoms with Crippen molar-refractivity contribution >= 4 is 34.3 Å². The molecule has 0 aliphatic carbocycles. The molecular formula is C20H20FN3O3S. The van der Waals surface area contributed by atoms with Crippen molar-refractivity contribution in [2.75, 3.05) is 19.0 Å². The fraction of sp³-hybridized carbons (Fsp3) is 0.250. The van der Waals surface area contributed by atoms with E-state index in [1.807, 2.05) is 0 Å². The largest absolute Gasteiger partial charge is 0.383 e. The van der Waals surface area contributed by atoms with Crippen molar-refractivity contribution in [2.24, 2.45) is 0 Å². The number of hydrogen-bond acceptors (Lipinski definition) is 5. The number of carbonyl (C=O) groups is 1. The minimum atomic E-state index is -0.596. The highest BCUT2D eigenvalue weighted by Crippen LogP contribution is 2.24. The summed E-state index contributed by atoms with van der Waals surface area (Å²) in [7, 11) is 1.55. The van der Waals surface area contributed by atoms with Crippen LogP contribution in [0.15, 0.2) is 58.5 Å². The van der Waals surface area contributed by atoms with Crippen LogP contribution < -0.4 is 10.9 Å². The number of ether oxygens (including phenoxy) is 1. The van der Waals surface area contributed by atoms with Crippen LogP contribution >= 0.6 is 11.8 Å². The molecule has 1 N–H and O–H groups in total. The van der Waals surface area contributed by atoms with Crippen LogP contribution in [0.2, 0.25) is 0 Å². The Morgan fingerprint density at radius 2 is 1.96 bits per heavy atom. The van der Waals surface area contributed by atoms with E-state index in [4.69, 9.17) is 4.74 Å². The van der Waals surface area contributed by atoms with Gasteiger partial charge in [-0.05, 0) is 31.2 Å². The molecule has 0 radical (unpaired) electrons. The number of thioether (sulfide) groups is 1. The first-order chi connectivity index (χ1) is 13.5. The summed E-state index contributed by atoms with van der Waals surface area (Å²) in [5.74, 6) is -0.885. The Balaban J connectivity index is 1.88. The van der Waals surface area contributed by atoms with E-state index in [0.29, 0.717) is 29.2 Å². The molecule has 1 atom stereocenters. The lowest BCUT2D eigenvalue weighted by Crippen LogP contribution is -2.28. The first kappa shape index (κ1) is 20.0. The molecule has 1 heterocycles.